The van der Waals surface area contributed by atoms with Crippen molar-refractivity contribution in [3.8, 4) is 5.75 Å². The maximum absolute atomic E-state index is 12.4. The van der Waals surface area contributed by atoms with E-state index in [1.165, 1.54) is 17.6 Å². The first kappa shape index (κ1) is 21.8. The van der Waals surface area contributed by atoms with Gasteiger partial charge >= 0.3 is 19.1 Å². The van der Waals surface area contributed by atoms with Crippen molar-refractivity contribution in [2.24, 2.45) is 0 Å². The third kappa shape index (κ3) is 4.89. The molecule has 0 saturated carbocycles. The smallest absolute Gasteiger partial charge is 0.497 e. The zero-order valence-corrected chi connectivity index (χ0v) is 17.6. The minimum Gasteiger partial charge on any atom is -0.497 e. The molecule has 0 unspecified atom stereocenters. The highest BCUT2D eigenvalue weighted by Gasteiger charge is 2.25. The van der Waals surface area contributed by atoms with Crippen molar-refractivity contribution < 1.29 is 33.4 Å². The van der Waals surface area contributed by atoms with Gasteiger partial charge in [0.25, 0.3) is 0 Å². The van der Waals surface area contributed by atoms with Crippen molar-refractivity contribution in [3.63, 3.8) is 0 Å². The van der Waals surface area contributed by atoms with Crippen molar-refractivity contribution in [1.29, 1.82) is 0 Å². The van der Waals surface area contributed by atoms with Crippen LogP contribution in [0.25, 0.3) is 21.2 Å². The van der Waals surface area contributed by atoms with Gasteiger partial charge in [0, 0.05) is 17.4 Å². The SMILES string of the molecule is COc1ccc2nc(NC(=O)C(=O)N[C@@H](Cc3coc4ccccc34)OB(O)O)sc2c1. The van der Waals surface area contributed by atoms with Gasteiger partial charge in [-0.25, -0.2) is 4.98 Å². The van der Waals surface area contributed by atoms with E-state index in [1.54, 1.807) is 31.4 Å². The second kappa shape index (κ2) is 9.36. The molecule has 32 heavy (non-hydrogen) atoms. The highest BCUT2D eigenvalue weighted by atomic mass is 32.1. The van der Waals surface area contributed by atoms with Crippen molar-refractivity contribution in [3.05, 3.63) is 54.3 Å². The molecule has 0 spiro atoms. The van der Waals surface area contributed by atoms with Crippen LogP contribution in [0.5, 0.6) is 5.75 Å². The Morgan fingerprint density at radius 3 is 2.81 bits per heavy atom. The minimum atomic E-state index is -2.15. The molecule has 2 aromatic heterocycles. The number of para-hydroxylation sites is 1. The number of methoxy groups -OCH3 is 1. The number of benzene rings is 2. The molecule has 2 aromatic carbocycles. The number of furan rings is 1. The van der Waals surface area contributed by atoms with Gasteiger partial charge in [-0.2, -0.15) is 0 Å². The molecule has 4 aromatic rings. The van der Waals surface area contributed by atoms with Crippen LogP contribution in [0.1, 0.15) is 5.56 Å². The van der Waals surface area contributed by atoms with E-state index in [9.17, 15) is 19.6 Å². The number of nitrogens with zero attached hydrogens (tertiary/aromatic N) is 1. The molecule has 0 saturated heterocycles. The monoisotopic (exact) mass is 455 g/mol. The summed E-state index contributed by atoms with van der Waals surface area (Å²) < 4.78 is 16.3. The molecule has 0 aliphatic rings. The summed E-state index contributed by atoms with van der Waals surface area (Å²) in [6.45, 7) is 0. The van der Waals surface area contributed by atoms with Crippen molar-refractivity contribution in [1.82, 2.24) is 10.3 Å². The summed E-state index contributed by atoms with van der Waals surface area (Å²) in [6, 6.07) is 12.5. The highest BCUT2D eigenvalue weighted by molar-refractivity contribution is 7.22. The van der Waals surface area contributed by atoms with Crippen LogP contribution >= 0.6 is 11.3 Å². The first-order valence-corrected chi connectivity index (χ1v) is 10.3. The fourth-order valence-electron chi connectivity index (χ4n) is 3.12. The predicted molar refractivity (Wildman–Crippen MR) is 118 cm³/mol. The zero-order valence-electron chi connectivity index (χ0n) is 16.8. The number of aromatic nitrogens is 1. The van der Waals surface area contributed by atoms with Gasteiger partial charge in [0.2, 0.25) is 0 Å². The molecule has 2 heterocycles. The number of fused-ring (bicyclic) bond motifs is 2. The molecule has 2 amide bonds. The number of hydrogen-bond donors (Lipinski definition) is 4. The second-order valence-electron chi connectivity index (χ2n) is 6.69. The lowest BCUT2D eigenvalue weighted by molar-refractivity contribution is -0.138. The molecule has 12 heteroatoms. The Labute approximate surface area is 185 Å². The van der Waals surface area contributed by atoms with Gasteiger partial charge in [-0.1, -0.05) is 29.5 Å². The maximum Gasteiger partial charge on any atom is 0.635 e. The van der Waals surface area contributed by atoms with Crippen LogP contribution in [0, 0.1) is 0 Å². The molecule has 4 rings (SSSR count). The van der Waals surface area contributed by atoms with Crippen molar-refractivity contribution in [2.75, 3.05) is 12.4 Å². The quantitative estimate of drug-likeness (QED) is 0.187. The molecule has 0 fully saturated rings. The van der Waals surface area contributed by atoms with Crippen LogP contribution < -0.4 is 15.4 Å². The Balaban J connectivity index is 1.44. The first-order chi connectivity index (χ1) is 15.4. The van der Waals surface area contributed by atoms with E-state index in [4.69, 9.17) is 13.8 Å². The van der Waals surface area contributed by atoms with Gasteiger partial charge < -0.3 is 29.2 Å². The number of anilines is 1. The standard InChI is InChI=1S/C20H18BN3O7S/c1-29-12-6-7-14-16(9-12)32-20(22-14)24-19(26)18(25)23-17(31-21(27)28)8-11-10-30-15-5-3-2-4-13(11)15/h2-7,9-10,17,27-28H,8H2,1H3,(H,23,25)(H,22,24,26)/t17-/m1/s1. The van der Waals surface area contributed by atoms with E-state index in [2.05, 4.69) is 15.6 Å². The summed E-state index contributed by atoms with van der Waals surface area (Å²) in [5.74, 6) is -1.36. The lowest BCUT2D eigenvalue weighted by Crippen LogP contribution is -2.46. The Hall–Kier alpha value is -3.45. The predicted octanol–water partition coefficient (Wildman–Crippen LogP) is 1.66. The van der Waals surface area contributed by atoms with Gasteiger partial charge in [-0.15, -0.1) is 0 Å². The number of thiazole rings is 1. The van der Waals surface area contributed by atoms with Gasteiger partial charge in [0.1, 0.15) is 17.6 Å². The van der Waals surface area contributed by atoms with E-state index in [0.29, 0.717) is 22.4 Å². The fraction of sp³-hybridized carbons (Fsp3) is 0.150. The molecule has 0 bridgehead atoms. The fourth-order valence-corrected chi connectivity index (χ4v) is 4.01. The summed E-state index contributed by atoms with van der Waals surface area (Å²) in [7, 11) is -0.607. The highest BCUT2D eigenvalue weighted by Crippen LogP contribution is 2.29. The van der Waals surface area contributed by atoms with Gasteiger partial charge in [-0.3, -0.25) is 14.9 Å². The largest absolute Gasteiger partial charge is 0.635 e. The van der Waals surface area contributed by atoms with Crippen LogP contribution in [-0.2, 0) is 20.7 Å². The molecule has 0 aliphatic heterocycles. The minimum absolute atomic E-state index is 0.0363. The van der Waals surface area contributed by atoms with Gasteiger partial charge in [-0.05, 0) is 24.3 Å². The molecule has 1 atom stereocenters. The average Bonchev–Trinajstić information content (AvgIpc) is 3.36. The third-order valence-electron chi connectivity index (χ3n) is 4.57. The Morgan fingerprint density at radius 2 is 2.03 bits per heavy atom. The molecule has 164 valence electrons. The van der Waals surface area contributed by atoms with Crippen LogP contribution in [-0.4, -0.2) is 47.5 Å². The normalized spacial score (nSPS) is 12.0. The van der Waals surface area contributed by atoms with E-state index < -0.39 is 25.4 Å². The first-order valence-electron chi connectivity index (χ1n) is 9.46. The van der Waals surface area contributed by atoms with Gasteiger partial charge in [0.05, 0.1) is 23.6 Å². The van der Waals surface area contributed by atoms with Crippen LogP contribution in [0.2, 0.25) is 0 Å². The average molecular weight is 455 g/mol. The van der Waals surface area contributed by atoms with Crippen molar-refractivity contribution >= 4 is 56.8 Å². The molecular weight excluding hydrogens is 437 g/mol. The van der Waals surface area contributed by atoms with Gasteiger partial charge in [0.15, 0.2) is 5.13 Å². The second-order valence-corrected chi connectivity index (χ2v) is 7.72. The van der Waals surface area contributed by atoms with E-state index in [-0.39, 0.29) is 11.6 Å². The Kier molecular flexibility index (Phi) is 6.37. The number of rotatable bonds is 7. The maximum atomic E-state index is 12.4. The number of nitrogens with one attached hydrogen (secondary N) is 2. The molecule has 10 nitrogen and oxygen atoms in total. The lowest BCUT2D eigenvalue weighted by Gasteiger charge is -2.18. The Morgan fingerprint density at radius 1 is 1.22 bits per heavy atom. The van der Waals surface area contributed by atoms with E-state index >= 15 is 0 Å². The van der Waals surface area contributed by atoms with Crippen molar-refractivity contribution in [2.45, 2.75) is 12.6 Å². The number of carbonyl (C=O) groups is 2. The van der Waals surface area contributed by atoms with Crippen LogP contribution in [0.3, 0.4) is 0 Å². The summed E-state index contributed by atoms with van der Waals surface area (Å²) in [5, 5.41) is 24.2. The number of hydrogen-bond acceptors (Lipinski definition) is 9. The molecule has 4 N–H and O–H groups in total. The molecule has 0 aliphatic carbocycles. The summed E-state index contributed by atoms with van der Waals surface area (Å²) >= 11 is 1.18. The Bertz CT molecular complexity index is 1270. The number of carbonyl (C=O) groups excluding carboxylic acids is 2. The summed E-state index contributed by atoms with van der Waals surface area (Å²) in [5.41, 5.74) is 1.93. The number of amides is 2. The topological polar surface area (TPSA) is 143 Å². The van der Waals surface area contributed by atoms with Crippen LogP contribution in [0.15, 0.2) is 53.1 Å². The zero-order chi connectivity index (χ0) is 22.7. The molecule has 0 radical (unpaired) electrons. The number of ether oxygens (including phenoxy) is 1. The third-order valence-corrected chi connectivity index (χ3v) is 5.50. The van der Waals surface area contributed by atoms with Crippen LogP contribution in [0.4, 0.5) is 5.13 Å². The summed E-state index contributed by atoms with van der Waals surface area (Å²) in [6.07, 6.45) is 0.315. The van der Waals surface area contributed by atoms with E-state index in [0.717, 1.165) is 10.1 Å². The molecular formula is C20H18BN3O7S. The van der Waals surface area contributed by atoms with E-state index in [1.807, 2.05) is 18.2 Å². The lowest BCUT2D eigenvalue weighted by atomic mass is 10.1. The summed E-state index contributed by atoms with van der Waals surface area (Å²) in [4.78, 5) is 29.0.